The van der Waals surface area contributed by atoms with E-state index in [2.05, 4.69) is 0 Å². The maximum Gasteiger partial charge on any atom is 0.331 e. The highest BCUT2D eigenvalue weighted by Crippen LogP contribution is 2.11. The molecule has 0 aromatic heterocycles. The van der Waals surface area contributed by atoms with E-state index in [1.807, 2.05) is 0 Å². The minimum Gasteiger partial charge on any atom is -1.00 e. The average Bonchev–Trinajstić information content (AvgIpc) is 0.811. The summed E-state index contributed by atoms with van der Waals surface area (Å²) in [6.45, 7) is 0. The van der Waals surface area contributed by atoms with E-state index in [0.717, 1.165) is 0 Å². The third-order valence-electron chi connectivity index (χ3n) is 0. The topological polar surface area (TPSA) is 0 Å². The molecule has 34 valence electrons. The molecule has 0 aliphatic heterocycles. The summed E-state index contributed by atoms with van der Waals surface area (Å²) in [4.78, 5) is 0. The van der Waals surface area contributed by atoms with Crippen molar-refractivity contribution >= 4 is 40.6 Å². The Labute approximate surface area is 53.0 Å². The molecule has 0 amide bonds. The van der Waals surface area contributed by atoms with Gasteiger partial charge in [-0.1, -0.05) is 0 Å². The average molecular weight is 174 g/mol. The van der Waals surface area contributed by atoms with Crippen molar-refractivity contribution in [2.75, 3.05) is 0 Å². The Morgan fingerprint density at radius 1 is 1.00 bits per heavy atom. The van der Waals surface area contributed by atoms with Crippen LogP contribution in [-0.4, -0.2) is 0 Å². The van der Waals surface area contributed by atoms with Gasteiger partial charge in [0.2, 0.25) is 32.0 Å². The molecule has 0 radical (unpaired) electrons. The molecule has 5 heteroatoms. The number of halogens is 4. The summed E-state index contributed by atoms with van der Waals surface area (Å²) in [7, 11) is 13.6. The lowest BCUT2D eigenvalue weighted by atomic mass is 31.3. The lowest BCUT2D eigenvalue weighted by molar-refractivity contribution is -0.000000547. The SMILES string of the molecule is Cl[S+](Cl)Cl.[Cl-]. The third-order valence-corrected chi connectivity index (χ3v) is 0. The first-order chi connectivity index (χ1) is 1.73. The van der Waals surface area contributed by atoms with Gasteiger partial charge in [0.1, 0.15) is 0 Å². The molecule has 0 aromatic rings. The minimum atomic E-state index is -0.944. The van der Waals surface area contributed by atoms with Crippen molar-refractivity contribution in [2.24, 2.45) is 0 Å². The van der Waals surface area contributed by atoms with E-state index in [0.29, 0.717) is 0 Å². The van der Waals surface area contributed by atoms with Crippen LogP contribution >= 0.6 is 32.0 Å². The summed E-state index contributed by atoms with van der Waals surface area (Å²) in [6, 6.07) is 0. The smallest absolute Gasteiger partial charge is 0.331 e. The van der Waals surface area contributed by atoms with E-state index >= 15 is 0 Å². The summed E-state index contributed by atoms with van der Waals surface area (Å²) >= 11 is 0. The predicted molar refractivity (Wildman–Crippen MR) is 24.9 cm³/mol. The van der Waals surface area contributed by atoms with E-state index in [1.54, 1.807) is 0 Å². The zero-order valence-electron chi connectivity index (χ0n) is 1.92. The number of rotatable bonds is 0. The molecule has 0 aliphatic rings. The van der Waals surface area contributed by atoms with Gasteiger partial charge in [0.25, 0.3) is 0 Å². The molecule has 0 atom stereocenters. The zero-order chi connectivity index (χ0) is 3.58. The van der Waals surface area contributed by atoms with Crippen LogP contribution in [0.5, 0.6) is 0 Å². The van der Waals surface area contributed by atoms with Crippen LogP contribution in [0.3, 0.4) is 0 Å². The Kier molecular flexibility index (Phi) is 10.7. The summed E-state index contributed by atoms with van der Waals surface area (Å²) < 4.78 is 0. The van der Waals surface area contributed by atoms with E-state index < -0.39 is 8.54 Å². The molecule has 0 unspecified atom stereocenters. The van der Waals surface area contributed by atoms with Gasteiger partial charge in [-0.05, 0) is 0 Å². The molecule has 0 saturated carbocycles. The monoisotopic (exact) mass is 172 g/mol. The van der Waals surface area contributed by atoms with E-state index in [9.17, 15) is 0 Å². The zero-order valence-corrected chi connectivity index (χ0v) is 5.76. The first-order valence-electron chi connectivity index (χ1n) is 0.463. The van der Waals surface area contributed by atoms with Gasteiger partial charge in [0, 0.05) is 0 Å². The van der Waals surface area contributed by atoms with Crippen LogP contribution in [0.15, 0.2) is 0 Å². The van der Waals surface area contributed by atoms with Gasteiger partial charge < -0.3 is 12.4 Å². The first kappa shape index (κ1) is 9.72. The second-order valence-corrected chi connectivity index (χ2v) is 4.72. The summed E-state index contributed by atoms with van der Waals surface area (Å²) in [6.07, 6.45) is 0. The van der Waals surface area contributed by atoms with Crippen LogP contribution in [0.4, 0.5) is 0 Å². The Morgan fingerprint density at radius 3 is 1.00 bits per heavy atom. The largest absolute Gasteiger partial charge is 1.00 e. The van der Waals surface area contributed by atoms with E-state index in [-0.39, 0.29) is 12.4 Å². The van der Waals surface area contributed by atoms with Crippen molar-refractivity contribution in [1.29, 1.82) is 0 Å². The van der Waals surface area contributed by atoms with E-state index in [4.69, 9.17) is 32.0 Å². The van der Waals surface area contributed by atoms with Crippen molar-refractivity contribution < 1.29 is 12.4 Å². The Balaban J connectivity index is 0. The minimum absolute atomic E-state index is 0. The molecular weight excluding hydrogens is 174 g/mol. The first-order valence-corrected chi connectivity index (χ1v) is 4.17. The molecule has 0 nitrogen and oxygen atoms in total. The molecule has 0 bridgehead atoms. The van der Waals surface area contributed by atoms with Crippen molar-refractivity contribution in [2.45, 2.75) is 0 Å². The normalized spacial score (nSPS) is 7.20. The molecule has 0 saturated heterocycles. The molecule has 0 aliphatic carbocycles. The molecular formula is Cl4S. The fraction of sp³-hybridized carbons (Fsp3) is 0. The summed E-state index contributed by atoms with van der Waals surface area (Å²) in [5.41, 5.74) is 0. The molecule has 0 heterocycles. The predicted octanol–water partition coefficient (Wildman–Crippen LogP) is -0.930. The van der Waals surface area contributed by atoms with Crippen molar-refractivity contribution in [1.82, 2.24) is 0 Å². The Bertz CT molecular complexity index is 8.36. The summed E-state index contributed by atoms with van der Waals surface area (Å²) in [5, 5.41) is 0. The lowest BCUT2D eigenvalue weighted by Crippen LogP contribution is -3.00. The van der Waals surface area contributed by atoms with Crippen molar-refractivity contribution in [3.8, 4) is 0 Å². The Morgan fingerprint density at radius 2 is 1.00 bits per heavy atom. The molecule has 0 spiro atoms. The molecule has 5 heavy (non-hydrogen) atoms. The molecule has 0 N–H and O–H groups in total. The maximum absolute atomic E-state index is 4.83. The highest BCUT2D eigenvalue weighted by molar-refractivity contribution is 8.50. The van der Waals surface area contributed by atoms with Crippen LogP contribution in [0.1, 0.15) is 0 Å². The highest BCUT2D eigenvalue weighted by Gasteiger charge is 2.01. The van der Waals surface area contributed by atoms with Gasteiger partial charge in [0.05, 0.1) is 0 Å². The van der Waals surface area contributed by atoms with Gasteiger partial charge in [0.15, 0.2) is 0 Å². The van der Waals surface area contributed by atoms with Crippen LogP contribution in [-0.2, 0) is 8.54 Å². The Hall–Kier alpha value is 1.51. The molecule has 0 aromatic carbocycles. The van der Waals surface area contributed by atoms with Crippen molar-refractivity contribution in [3.63, 3.8) is 0 Å². The van der Waals surface area contributed by atoms with Gasteiger partial charge in [-0.15, -0.1) is 0 Å². The van der Waals surface area contributed by atoms with Gasteiger partial charge >= 0.3 is 8.54 Å². The lowest BCUT2D eigenvalue weighted by Gasteiger charge is -1.45. The number of hydrogen-bond donors (Lipinski definition) is 0. The quantitative estimate of drug-likeness (QED) is 0.416. The van der Waals surface area contributed by atoms with Gasteiger partial charge in [-0.25, -0.2) is 0 Å². The number of hydrogen-bond acceptors (Lipinski definition) is 0. The highest BCUT2D eigenvalue weighted by atomic mass is 36.2. The summed E-state index contributed by atoms with van der Waals surface area (Å²) in [5.74, 6) is 0. The molecule has 0 rings (SSSR count). The van der Waals surface area contributed by atoms with Crippen LogP contribution in [0, 0.1) is 0 Å². The fourth-order valence-electron chi connectivity index (χ4n) is 0. The van der Waals surface area contributed by atoms with Crippen molar-refractivity contribution in [3.05, 3.63) is 0 Å². The fourth-order valence-corrected chi connectivity index (χ4v) is 0. The van der Waals surface area contributed by atoms with Gasteiger partial charge in [-0.3, -0.25) is 0 Å². The third kappa shape index (κ3) is 29.8. The maximum atomic E-state index is 4.83. The standard InChI is InChI=1S/Cl3S.ClH/c1-4(2)3;/h;1H/q+1;/p-1. The van der Waals surface area contributed by atoms with E-state index in [1.165, 1.54) is 0 Å². The van der Waals surface area contributed by atoms with Gasteiger partial charge in [-0.2, -0.15) is 0 Å². The molecule has 0 fully saturated rings. The van der Waals surface area contributed by atoms with Crippen LogP contribution < -0.4 is 12.4 Å². The second kappa shape index (κ2) is 5.51. The second-order valence-electron chi connectivity index (χ2n) is 0.175. The van der Waals surface area contributed by atoms with Crippen LogP contribution in [0.2, 0.25) is 0 Å². The van der Waals surface area contributed by atoms with Crippen LogP contribution in [0.25, 0.3) is 0 Å².